The zero-order chi connectivity index (χ0) is 13.2. The molecule has 0 aromatic carbocycles. The van der Waals surface area contributed by atoms with Gasteiger partial charge in [0.15, 0.2) is 0 Å². The number of rotatable bonds is 7. The first-order valence-corrected chi connectivity index (χ1v) is 6.57. The third-order valence-corrected chi connectivity index (χ3v) is 4.22. The SMILES string of the molecule is COCC(CN)(C1CC1)N(C)Cc1ccoc1C. The number of furan rings is 1. The molecule has 2 N–H and O–H groups in total. The summed E-state index contributed by atoms with van der Waals surface area (Å²) in [5.41, 5.74) is 7.26. The van der Waals surface area contributed by atoms with Gasteiger partial charge < -0.3 is 14.9 Å². The van der Waals surface area contributed by atoms with Gasteiger partial charge in [-0.1, -0.05) is 0 Å². The highest BCUT2D eigenvalue weighted by molar-refractivity contribution is 5.16. The van der Waals surface area contributed by atoms with Crippen LogP contribution in [0.25, 0.3) is 0 Å². The molecule has 1 aliphatic rings. The first kappa shape index (κ1) is 13.6. The van der Waals surface area contributed by atoms with Crippen LogP contribution >= 0.6 is 0 Å². The topological polar surface area (TPSA) is 51.6 Å². The summed E-state index contributed by atoms with van der Waals surface area (Å²) in [5, 5.41) is 0. The van der Waals surface area contributed by atoms with Crippen LogP contribution in [0.15, 0.2) is 16.7 Å². The molecule has 1 atom stereocenters. The molecule has 1 saturated carbocycles. The summed E-state index contributed by atoms with van der Waals surface area (Å²) >= 11 is 0. The molecule has 0 aliphatic heterocycles. The van der Waals surface area contributed by atoms with E-state index in [1.807, 2.05) is 13.0 Å². The molecular weight excluding hydrogens is 228 g/mol. The molecule has 1 aromatic rings. The highest BCUT2D eigenvalue weighted by Crippen LogP contribution is 2.43. The van der Waals surface area contributed by atoms with Crippen LogP contribution < -0.4 is 5.73 Å². The second kappa shape index (κ2) is 5.43. The molecule has 1 heterocycles. The van der Waals surface area contributed by atoms with Crippen molar-refractivity contribution < 1.29 is 9.15 Å². The molecule has 0 bridgehead atoms. The van der Waals surface area contributed by atoms with E-state index in [0.29, 0.717) is 19.1 Å². The lowest BCUT2D eigenvalue weighted by atomic mass is 9.91. The zero-order valence-electron chi connectivity index (χ0n) is 11.6. The maximum atomic E-state index is 6.06. The quantitative estimate of drug-likeness (QED) is 0.803. The standard InChI is InChI=1S/C14H24N2O2/c1-11-12(6-7-18-11)8-16(2)14(9-15,10-17-3)13-4-5-13/h6-7,13H,4-5,8-10,15H2,1-3H3. The van der Waals surface area contributed by atoms with Crippen molar-refractivity contribution in [2.24, 2.45) is 11.7 Å². The van der Waals surface area contributed by atoms with E-state index in [0.717, 1.165) is 12.3 Å². The Kier molecular flexibility index (Phi) is 4.10. The molecule has 1 aromatic heterocycles. The maximum Gasteiger partial charge on any atom is 0.105 e. The van der Waals surface area contributed by atoms with E-state index in [9.17, 15) is 0 Å². The lowest BCUT2D eigenvalue weighted by Gasteiger charge is -2.41. The molecule has 4 heteroatoms. The van der Waals surface area contributed by atoms with Gasteiger partial charge in [0.05, 0.1) is 18.4 Å². The number of aryl methyl sites for hydroxylation is 1. The Morgan fingerprint density at radius 2 is 2.28 bits per heavy atom. The number of methoxy groups -OCH3 is 1. The van der Waals surface area contributed by atoms with Crippen LogP contribution in [-0.2, 0) is 11.3 Å². The van der Waals surface area contributed by atoms with Gasteiger partial charge in [-0.15, -0.1) is 0 Å². The van der Waals surface area contributed by atoms with Crippen molar-refractivity contribution in [2.45, 2.75) is 31.8 Å². The minimum atomic E-state index is -0.0293. The number of hydrogen-bond donors (Lipinski definition) is 1. The molecule has 0 spiro atoms. The van der Waals surface area contributed by atoms with Crippen LogP contribution in [0.5, 0.6) is 0 Å². The Balaban J connectivity index is 2.12. The average Bonchev–Trinajstić information content (AvgIpc) is 3.13. The van der Waals surface area contributed by atoms with Gasteiger partial charge in [-0.25, -0.2) is 0 Å². The summed E-state index contributed by atoms with van der Waals surface area (Å²) in [6.45, 7) is 4.20. The van der Waals surface area contributed by atoms with Gasteiger partial charge in [0.2, 0.25) is 0 Å². The summed E-state index contributed by atoms with van der Waals surface area (Å²) in [6.07, 6.45) is 4.26. The van der Waals surface area contributed by atoms with E-state index in [1.165, 1.54) is 18.4 Å². The molecule has 0 saturated heterocycles. The summed E-state index contributed by atoms with van der Waals surface area (Å²) in [6, 6.07) is 2.03. The molecule has 4 nitrogen and oxygen atoms in total. The van der Waals surface area contributed by atoms with Crippen LogP contribution in [0, 0.1) is 12.8 Å². The van der Waals surface area contributed by atoms with E-state index in [-0.39, 0.29) is 5.54 Å². The number of nitrogens with two attached hydrogens (primary N) is 1. The highest BCUT2D eigenvalue weighted by atomic mass is 16.5. The normalized spacial score (nSPS) is 19.2. The third kappa shape index (κ3) is 2.46. The van der Waals surface area contributed by atoms with E-state index < -0.39 is 0 Å². The summed E-state index contributed by atoms with van der Waals surface area (Å²) in [4.78, 5) is 2.34. The fourth-order valence-electron chi connectivity index (χ4n) is 2.78. The van der Waals surface area contributed by atoms with E-state index >= 15 is 0 Å². The monoisotopic (exact) mass is 252 g/mol. The van der Waals surface area contributed by atoms with Gasteiger partial charge in [0.1, 0.15) is 5.76 Å². The predicted octanol–water partition coefficient (Wildman–Crippen LogP) is 1.77. The molecule has 1 aliphatic carbocycles. The van der Waals surface area contributed by atoms with Gasteiger partial charge in [-0.2, -0.15) is 0 Å². The predicted molar refractivity (Wildman–Crippen MR) is 71.3 cm³/mol. The summed E-state index contributed by atoms with van der Waals surface area (Å²) in [7, 11) is 3.89. The molecule has 0 amide bonds. The lowest BCUT2D eigenvalue weighted by Crippen LogP contribution is -2.56. The van der Waals surface area contributed by atoms with E-state index in [2.05, 4.69) is 11.9 Å². The smallest absolute Gasteiger partial charge is 0.105 e. The Bertz CT molecular complexity index is 387. The van der Waals surface area contributed by atoms with Gasteiger partial charge in [-0.3, -0.25) is 4.90 Å². The van der Waals surface area contributed by atoms with Crippen molar-refractivity contribution in [2.75, 3.05) is 27.3 Å². The Morgan fingerprint density at radius 3 is 2.72 bits per heavy atom. The summed E-state index contributed by atoms with van der Waals surface area (Å²) in [5.74, 6) is 1.65. The zero-order valence-corrected chi connectivity index (χ0v) is 11.6. The minimum Gasteiger partial charge on any atom is -0.469 e. The van der Waals surface area contributed by atoms with Crippen molar-refractivity contribution in [1.82, 2.24) is 4.90 Å². The Hall–Kier alpha value is -0.840. The van der Waals surface area contributed by atoms with Crippen LogP contribution in [0.3, 0.4) is 0 Å². The molecule has 0 radical (unpaired) electrons. The van der Waals surface area contributed by atoms with Crippen molar-refractivity contribution in [3.8, 4) is 0 Å². The maximum absolute atomic E-state index is 6.06. The highest BCUT2D eigenvalue weighted by Gasteiger charge is 2.47. The Labute approximate surface area is 109 Å². The van der Waals surface area contributed by atoms with Crippen LogP contribution in [-0.4, -0.2) is 37.7 Å². The second-order valence-corrected chi connectivity index (χ2v) is 5.37. The first-order valence-electron chi connectivity index (χ1n) is 6.57. The molecular formula is C14H24N2O2. The Morgan fingerprint density at radius 1 is 1.56 bits per heavy atom. The van der Waals surface area contributed by atoms with Gasteiger partial charge >= 0.3 is 0 Å². The van der Waals surface area contributed by atoms with Crippen molar-refractivity contribution >= 4 is 0 Å². The lowest BCUT2D eigenvalue weighted by molar-refractivity contribution is 0.0102. The molecule has 1 fully saturated rings. The fraction of sp³-hybridized carbons (Fsp3) is 0.714. The van der Waals surface area contributed by atoms with Crippen LogP contribution in [0.4, 0.5) is 0 Å². The van der Waals surface area contributed by atoms with Gasteiger partial charge in [0, 0.05) is 25.8 Å². The van der Waals surface area contributed by atoms with E-state index in [4.69, 9.17) is 14.9 Å². The van der Waals surface area contributed by atoms with E-state index in [1.54, 1.807) is 13.4 Å². The van der Waals surface area contributed by atoms with Crippen molar-refractivity contribution in [3.63, 3.8) is 0 Å². The molecule has 1 unspecified atom stereocenters. The van der Waals surface area contributed by atoms with Gasteiger partial charge in [-0.05, 0) is 38.8 Å². The van der Waals surface area contributed by atoms with Crippen LogP contribution in [0.2, 0.25) is 0 Å². The summed E-state index contributed by atoms with van der Waals surface area (Å²) < 4.78 is 10.8. The van der Waals surface area contributed by atoms with Crippen LogP contribution in [0.1, 0.15) is 24.2 Å². The average molecular weight is 252 g/mol. The number of ether oxygens (including phenoxy) is 1. The molecule has 2 rings (SSSR count). The number of likely N-dealkylation sites (N-methyl/N-ethyl adjacent to an activating group) is 1. The number of nitrogens with zero attached hydrogens (tertiary/aromatic N) is 1. The largest absolute Gasteiger partial charge is 0.469 e. The van der Waals surface area contributed by atoms with Crippen molar-refractivity contribution in [3.05, 3.63) is 23.7 Å². The first-order chi connectivity index (χ1) is 8.64. The molecule has 102 valence electrons. The van der Waals surface area contributed by atoms with Crippen molar-refractivity contribution in [1.29, 1.82) is 0 Å². The van der Waals surface area contributed by atoms with Gasteiger partial charge in [0.25, 0.3) is 0 Å². The minimum absolute atomic E-state index is 0.0293. The third-order valence-electron chi connectivity index (χ3n) is 4.22. The molecule has 18 heavy (non-hydrogen) atoms. The second-order valence-electron chi connectivity index (χ2n) is 5.37. The fourth-order valence-corrected chi connectivity index (χ4v) is 2.78. The number of hydrogen-bond acceptors (Lipinski definition) is 4.